The van der Waals surface area contributed by atoms with Crippen molar-refractivity contribution in [2.45, 2.75) is 11.1 Å². The van der Waals surface area contributed by atoms with Gasteiger partial charge in [0, 0.05) is 10.6 Å². The molecule has 0 heterocycles. The molecule has 0 aliphatic rings. The smallest absolute Gasteiger partial charge is 0.396 e. The number of hydrogen-bond acceptors (Lipinski definition) is 3. The van der Waals surface area contributed by atoms with E-state index in [4.69, 9.17) is 5.73 Å². The van der Waals surface area contributed by atoms with Gasteiger partial charge >= 0.3 is 6.18 Å². The Kier molecular flexibility index (Phi) is 4.26. The van der Waals surface area contributed by atoms with Crippen molar-refractivity contribution in [3.8, 4) is 0 Å². The number of anilines is 3. The van der Waals surface area contributed by atoms with E-state index in [2.05, 4.69) is 5.32 Å². The van der Waals surface area contributed by atoms with Crippen LogP contribution in [0.2, 0.25) is 0 Å². The van der Waals surface area contributed by atoms with Crippen molar-refractivity contribution in [2.75, 3.05) is 11.1 Å². The molecule has 0 fully saturated rings. The van der Waals surface area contributed by atoms with Crippen LogP contribution in [-0.4, -0.2) is 0 Å². The summed E-state index contributed by atoms with van der Waals surface area (Å²) in [5.41, 5.74) is 3.47. The molecule has 2 aromatic carbocycles. The molecule has 0 radical (unpaired) electrons. The second-order valence-corrected chi connectivity index (χ2v) is 4.73. The van der Waals surface area contributed by atoms with E-state index in [1.165, 1.54) is 24.3 Å². The van der Waals surface area contributed by atoms with Crippen molar-refractivity contribution in [3.63, 3.8) is 0 Å². The summed E-state index contributed by atoms with van der Waals surface area (Å²) in [7, 11) is 0. The van der Waals surface area contributed by atoms with E-state index < -0.39 is 23.2 Å². The third-order valence-electron chi connectivity index (χ3n) is 2.70. The standard InChI is InChI=1S/C13H9F5N2S/c14-9-5-6-10(12(19)11(9)13(15,16)17)20-7-1-3-8(21-18)4-2-7/h1-6,20H,19H2. The first-order chi connectivity index (χ1) is 9.82. The van der Waals surface area contributed by atoms with Gasteiger partial charge in [0.25, 0.3) is 0 Å². The summed E-state index contributed by atoms with van der Waals surface area (Å²) < 4.78 is 63.8. The quantitative estimate of drug-likeness (QED) is 0.607. The highest BCUT2D eigenvalue weighted by atomic mass is 32.2. The second kappa shape index (κ2) is 5.80. The molecule has 112 valence electrons. The van der Waals surface area contributed by atoms with Gasteiger partial charge in [-0.15, -0.1) is 0 Å². The third kappa shape index (κ3) is 3.38. The van der Waals surface area contributed by atoms with Gasteiger partial charge in [-0.25, -0.2) is 4.39 Å². The van der Waals surface area contributed by atoms with E-state index in [0.29, 0.717) is 16.6 Å². The van der Waals surface area contributed by atoms with Crippen molar-refractivity contribution >= 4 is 29.2 Å². The summed E-state index contributed by atoms with van der Waals surface area (Å²) >= 11 is 0.0439. The molecule has 2 rings (SSSR count). The lowest BCUT2D eigenvalue weighted by atomic mass is 10.1. The van der Waals surface area contributed by atoms with Crippen LogP contribution in [0.1, 0.15) is 5.56 Å². The summed E-state index contributed by atoms with van der Waals surface area (Å²) in [6.45, 7) is 0. The number of benzene rings is 2. The second-order valence-electron chi connectivity index (χ2n) is 4.11. The number of alkyl halides is 3. The lowest BCUT2D eigenvalue weighted by Crippen LogP contribution is -2.13. The fraction of sp³-hybridized carbons (Fsp3) is 0.0769. The maximum absolute atomic E-state index is 13.3. The van der Waals surface area contributed by atoms with Crippen LogP contribution in [-0.2, 0) is 6.18 Å². The van der Waals surface area contributed by atoms with Crippen LogP contribution in [0.4, 0.5) is 38.5 Å². The van der Waals surface area contributed by atoms with Gasteiger partial charge in [0.1, 0.15) is 11.4 Å². The minimum absolute atomic E-state index is 0.0439. The van der Waals surface area contributed by atoms with Crippen molar-refractivity contribution in [2.24, 2.45) is 0 Å². The van der Waals surface area contributed by atoms with E-state index in [1.54, 1.807) is 0 Å². The first kappa shape index (κ1) is 15.4. The van der Waals surface area contributed by atoms with Gasteiger partial charge < -0.3 is 11.1 Å². The summed E-state index contributed by atoms with van der Waals surface area (Å²) in [4.78, 5) is 0.351. The van der Waals surface area contributed by atoms with E-state index in [9.17, 15) is 21.4 Å². The Morgan fingerprint density at radius 1 is 1.00 bits per heavy atom. The fourth-order valence-corrected chi connectivity index (χ4v) is 1.97. The molecule has 0 bridgehead atoms. The Labute approximate surface area is 121 Å². The van der Waals surface area contributed by atoms with Gasteiger partial charge in [0.15, 0.2) is 0 Å². The summed E-state index contributed by atoms with van der Waals surface area (Å²) in [5, 5.41) is 2.64. The van der Waals surface area contributed by atoms with Crippen LogP contribution in [0.15, 0.2) is 41.3 Å². The van der Waals surface area contributed by atoms with Crippen molar-refractivity contribution < 1.29 is 21.4 Å². The van der Waals surface area contributed by atoms with Gasteiger partial charge in [-0.1, -0.05) is 0 Å². The Bertz CT molecular complexity index is 640. The molecule has 0 aliphatic heterocycles. The van der Waals surface area contributed by atoms with Crippen LogP contribution < -0.4 is 11.1 Å². The van der Waals surface area contributed by atoms with Crippen molar-refractivity contribution in [1.82, 2.24) is 0 Å². The maximum Gasteiger partial charge on any atom is 0.421 e. The third-order valence-corrected chi connectivity index (χ3v) is 3.15. The van der Waals surface area contributed by atoms with Gasteiger partial charge in [0.2, 0.25) is 0 Å². The molecular weight excluding hydrogens is 311 g/mol. The molecule has 0 aromatic heterocycles. The molecule has 0 aliphatic carbocycles. The van der Waals surface area contributed by atoms with E-state index in [1.807, 2.05) is 0 Å². The highest BCUT2D eigenvalue weighted by Crippen LogP contribution is 2.39. The minimum atomic E-state index is -4.89. The topological polar surface area (TPSA) is 38.0 Å². The van der Waals surface area contributed by atoms with Gasteiger partial charge in [0.05, 0.1) is 23.5 Å². The van der Waals surface area contributed by atoms with E-state index in [-0.39, 0.29) is 17.8 Å². The number of nitrogens with one attached hydrogen (secondary N) is 1. The molecule has 0 saturated heterocycles. The largest absolute Gasteiger partial charge is 0.421 e. The first-order valence-electron chi connectivity index (χ1n) is 5.64. The zero-order chi connectivity index (χ0) is 15.6. The van der Waals surface area contributed by atoms with E-state index in [0.717, 1.165) is 6.07 Å². The molecular formula is C13H9F5N2S. The van der Waals surface area contributed by atoms with Gasteiger partial charge in [-0.2, -0.15) is 17.1 Å². The lowest BCUT2D eigenvalue weighted by molar-refractivity contribution is -0.139. The Balaban J connectivity index is 2.36. The number of nitrogen functional groups attached to an aromatic ring is 1. The maximum atomic E-state index is 13.3. The fourth-order valence-electron chi connectivity index (χ4n) is 1.74. The average molecular weight is 320 g/mol. The monoisotopic (exact) mass is 320 g/mol. The lowest BCUT2D eigenvalue weighted by Gasteiger charge is -2.16. The molecule has 0 spiro atoms. The molecule has 2 aromatic rings. The SMILES string of the molecule is Nc1c(Nc2ccc(SF)cc2)ccc(F)c1C(F)(F)F. The Morgan fingerprint density at radius 2 is 1.62 bits per heavy atom. The molecule has 0 saturated carbocycles. The molecule has 21 heavy (non-hydrogen) atoms. The van der Waals surface area contributed by atoms with Crippen LogP contribution in [0.25, 0.3) is 0 Å². The summed E-state index contributed by atoms with van der Waals surface area (Å²) in [6.07, 6.45) is -4.89. The number of hydrogen-bond donors (Lipinski definition) is 2. The molecule has 0 amide bonds. The minimum Gasteiger partial charge on any atom is -0.396 e. The molecule has 3 N–H and O–H groups in total. The van der Waals surface area contributed by atoms with Crippen LogP contribution in [0.5, 0.6) is 0 Å². The van der Waals surface area contributed by atoms with Gasteiger partial charge in [-0.3, -0.25) is 0 Å². The zero-order valence-corrected chi connectivity index (χ0v) is 11.2. The predicted molar refractivity (Wildman–Crippen MR) is 72.5 cm³/mol. The molecule has 2 nitrogen and oxygen atoms in total. The normalized spacial score (nSPS) is 11.5. The number of nitrogens with two attached hydrogens (primary N) is 1. The summed E-state index contributed by atoms with van der Waals surface area (Å²) in [6, 6.07) is 7.62. The van der Waals surface area contributed by atoms with Crippen molar-refractivity contribution in [1.29, 1.82) is 0 Å². The first-order valence-corrected chi connectivity index (χ1v) is 6.35. The Hall–Kier alpha value is -1.96. The highest BCUT2D eigenvalue weighted by molar-refractivity contribution is 7.94. The van der Waals surface area contributed by atoms with Crippen LogP contribution in [0.3, 0.4) is 0 Å². The number of rotatable bonds is 3. The van der Waals surface area contributed by atoms with Crippen molar-refractivity contribution in [3.05, 3.63) is 47.8 Å². The van der Waals surface area contributed by atoms with Crippen LogP contribution >= 0.6 is 12.1 Å². The van der Waals surface area contributed by atoms with E-state index >= 15 is 0 Å². The van der Waals surface area contributed by atoms with Crippen LogP contribution in [0, 0.1) is 5.82 Å². The predicted octanol–water partition coefficient (Wildman–Crippen LogP) is 5.15. The molecule has 8 heteroatoms. The number of halogens is 5. The molecule has 0 unspecified atom stereocenters. The Morgan fingerprint density at radius 3 is 2.14 bits per heavy atom. The summed E-state index contributed by atoms with van der Waals surface area (Å²) in [5.74, 6) is -1.44. The van der Waals surface area contributed by atoms with Gasteiger partial charge in [-0.05, 0) is 36.4 Å². The highest BCUT2D eigenvalue weighted by Gasteiger charge is 2.37. The average Bonchev–Trinajstić information content (AvgIpc) is 2.41. The molecule has 0 atom stereocenters. The zero-order valence-electron chi connectivity index (χ0n) is 10.3.